The summed E-state index contributed by atoms with van der Waals surface area (Å²) in [5.74, 6) is 0.0242. The number of aliphatic hydroxyl groups excluding tert-OH is 1. The number of aliphatic hydroxyl groups is 1. The van der Waals surface area contributed by atoms with Gasteiger partial charge in [-0.3, -0.25) is 4.79 Å². The number of benzene rings is 1. The van der Waals surface area contributed by atoms with Crippen molar-refractivity contribution in [1.29, 1.82) is 0 Å². The second-order valence-electron chi connectivity index (χ2n) is 4.21. The summed E-state index contributed by atoms with van der Waals surface area (Å²) >= 11 is 0. The zero-order valence-corrected chi connectivity index (χ0v) is 10.5. The van der Waals surface area contributed by atoms with Crippen LogP contribution in [0.25, 0.3) is 10.9 Å². The highest BCUT2D eigenvalue weighted by molar-refractivity contribution is 6.06. The molecular formula is C14H18N2O2. The Morgan fingerprint density at radius 1 is 1.39 bits per heavy atom. The van der Waals surface area contributed by atoms with Crippen molar-refractivity contribution in [2.24, 2.45) is 0 Å². The number of aromatic nitrogens is 1. The molecule has 2 N–H and O–H groups in total. The first-order valence-electron chi connectivity index (χ1n) is 6.24. The highest BCUT2D eigenvalue weighted by Crippen LogP contribution is 2.19. The second-order valence-corrected chi connectivity index (χ2v) is 4.21. The molecule has 0 spiro atoms. The number of H-pyrrole nitrogens is 1. The number of carbonyl (C=O) groups excluding carboxylic acids is 1. The van der Waals surface area contributed by atoms with E-state index < -0.39 is 0 Å². The molecule has 0 aliphatic carbocycles. The van der Waals surface area contributed by atoms with Crippen molar-refractivity contribution in [2.75, 3.05) is 19.7 Å². The van der Waals surface area contributed by atoms with Gasteiger partial charge < -0.3 is 15.0 Å². The van der Waals surface area contributed by atoms with Gasteiger partial charge in [-0.1, -0.05) is 6.07 Å². The molecule has 0 atom stereocenters. The highest BCUT2D eigenvalue weighted by Gasteiger charge is 2.16. The third kappa shape index (κ3) is 2.38. The third-order valence-corrected chi connectivity index (χ3v) is 3.08. The van der Waals surface area contributed by atoms with Crippen LogP contribution in [0.4, 0.5) is 0 Å². The van der Waals surface area contributed by atoms with Gasteiger partial charge in [-0.2, -0.15) is 0 Å². The van der Waals surface area contributed by atoms with Gasteiger partial charge in [-0.25, -0.2) is 0 Å². The van der Waals surface area contributed by atoms with E-state index in [0.29, 0.717) is 25.1 Å². The van der Waals surface area contributed by atoms with Gasteiger partial charge in [0.1, 0.15) is 0 Å². The van der Waals surface area contributed by atoms with Crippen LogP contribution in [0.5, 0.6) is 0 Å². The molecular weight excluding hydrogens is 228 g/mol. The summed E-state index contributed by atoms with van der Waals surface area (Å²) in [6.45, 7) is 3.30. The molecule has 0 unspecified atom stereocenters. The van der Waals surface area contributed by atoms with Crippen LogP contribution < -0.4 is 0 Å². The van der Waals surface area contributed by atoms with Gasteiger partial charge in [0.2, 0.25) is 0 Å². The molecule has 96 valence electrons. The lowest BCUT2D eigenvalue weighted by atomic mass is 10.1. The summed E-state index contributed by atoms with van der Waals surface area (Å²) in [4.78, 5) is 17.3. The van der Waals surface area contributed by atoms with E-state index in [4.69, 9.17) is 5.11 Å². The Kier molecular flexibility index (Phi) is 3.99. The SMILES string of the molecule is CCN(CCCO)C(=O)c1cccc2[nH]ccc12. The Bertz CT molecular complexity index is 533. The predicted octanol–water partition coefficient (Wildman–Crippen LogP) is 2.01. The molecule has 2 rings (SSSR count). The largest absolute Gasteiger partial charge is 0.396 e. The Morgan fingerprint density at radius 3 is 2.94 bits per heavy atom. The first-order valence-corrected chi connectivity index (χ1v) is 6.24. The molecule has 1 heterocycles. The van der Waals surface area contributed by atoms with Crippen molar-refractivity contribution in [3.8, 4) is 0 Å². The number of fused-ring (bicyclic) bond motifs is 1. The molecule has 1 aromatic heterocycles. The summed E-state index contributed by atoms with van der Waals surface area (Å²) in [6, 6.07) is 7.60. The Morgan fingerprint density at radius 2 is 2.22 bits per heavy atom. The van der Waals surface area contributed by atoms with Crippen LogP contribution in [-0.4, -0.2) is 40.6 Å². The van der Waals surface area contributed by atoms with Crippen molar-refractivity contribution in [1.82, 2.24) is 9.88 Å². The van der Waals surface area contributed by atoms with Gasteiger partial charge in [-0.15, -0.1) is 0 Å². The van der Waals surface area contributed by atoms with Gasteiger partial charge in [0, 0.05) is 42.4 Å². The fourth-order valence-electron chi connectivity index (χ4n) is 2.11. The lowest BCUT2D eigenvalue weighted by Gasteiger charge is -2.20. The quantitative estimate of drug-likeness (QED) is 0.848. The minimum atomic E-state index is 0.0242. The summed E-state index contributed by atoms with van der Waals surface area (Å²) < 4.78 is 0. The van der Waals surface area contributed by atoms with Crippen molar-refractivity contribution < 1.29 is 9.90 Å². The first-order chi connectivity index (χ1) is 8.77. The molecule has 0 aliphatic rings. The molecule has 0 bridgehead atoms. The smallest absolute Gasteiger partial charge is 0.254 e. The van der Waals surface area contributed by atoms with E-state index in [-0.39, 0.29) is 12.5 Å². The normalized spacial score (nSPS) is 10.8. The number of carbonyl (C=O) groups is 1. The number of nitrogens with one attached hydrogen (secondary N) is 1. The molecule has 2 aromatic rings. The summed E-state index contributed by atoms with van der Waals surface area (Å²) in [7, 11) is 0. The van der Waals surface area contributed by atoms with E-state index in [2.05, 4.69) is 4.98 Å². The molecule has 0 aliphatic heterocycles. The average Bonchev–Trinajstić information content (AvgIpc) is 2.87. The van der Waals surface area contributed by atoms with E-state index in [1.54, 1.807) is 4.90 Å². The Hall–Kier alpha value is -1.81. The van der Waals surface area contributed by atoms with Crippen LogP contribution in [0, 0.1) is 0 Å². The third-order valence-electron chi connectivity index (χ3n) is 3.08. The molecule has 4 nitrogen and oxygen atoms in total. The fourth-order valence-corrected chi connectivity index (χ4v) is 2.11. The van der Waals surface area contributed by atoms with Crippen molar-refractivity contribution >= 4 is 16.8 Å². The van der Waals surface area contributed by atoms with E-state index >= 15 is 0 Å². The molecule has 1 amide bonds. The number of amides is 1. The van der Waals surface area contributed by atoms with Gasteiger partial charge >= 0.3 is 0 Å². The monoisotopic (exact) mass is 246 g/mol. The Labute approximate surface area is 106 Å². The van der Waals surface area contributed by atoms with Gasteiger partial charge in [0.25, 0.3) is 5.91 Å². The van der Waals surface area contributed by atoms with Crippen LogP contribution in [0.1, 0.15) is 23.7 Å². The summed E-state index contributed by atoms with van der Waals surface area (Å²) in [5.41, 5.74) is 1.69. The fraction of sp³-hybridized carbons (Fsp3) is 0.357. The van der Waals surface area contributed by atoms with Crippen LogP contribution in [0.2, 0.25) is 0 Å². The van der Waals surface area contributed by atoms with E-state index in [1.807, 2.05) is 37.4 Å². The van der Waals surface area contributed by atoms with E-state index in [0.717, 1.165) is 10.9 Å². The number of hydrogen-bond donors (Lipinski definition) is 2. The molecule has 0 saturated heterocycles. The zero-order chi connectivity index (χ0) is 13.0. The lowest BCUT2D eigenvalue weighted by molar-refractivity contribution is 0.0756. The van der Waals surface area contributed by atoms with E-state index in [1.165, 1.54) is 0 Å². The highest BCUT2D eigenvalue weighted by atomic mass is 16.3. The van der Waals surface area contributed by atoms with Crippen molar-refractivity contribution in [3.63, 3.8) is 0 Å². The van der Waals surface area contributed by atoms with Crippen molar-refractivity contribution in [2.45, 2.75) is 13.3 Å². The minimum Gasteiger partial charge on any atom is -0.396 e. The maximum absolute atomic E-state index is 12.4. The zero-order valence-electron chi connectivity index (χ0n) is 10.5. The lowest BCUT2D eigenvalue weighted by Crippen LogP contribution is -2.32. The van der Waals surface area contributed by atoms with Gasteiger partial charge in [-0.05, 0) is 31.5 Å². The molecule has 1 aromatic carbocycles. The topological polar surface area (TPSA) is 56.3 Å². The van der Waals surface area contributed by atoms with Crippen molar-refractivity contribution in [3.05, 3.63) is 36.0 Å². The minimum absolute atomic E-state index is 0.0242. The second kappa shape index (κ2) is 5.69. The molecule has 18 heavy (non-hydrogen) atoms. The van der Waals surface area contributed by atoms with Crippen LogP contribution in [-0.2, 0) is 0 Å². The standard InChI is InChI=1S/C14H18N2O2/c1-2-16(9-4-10-17)14(18)12-5-3-6-13-11(12)7-8-15-13/h3,5-8,15,17H,2,4,9-10H2,1H3. The summed E-state index contributed by atoms with van der Waals surface area (Å²) in [5, 5.41) is 9.81. The van der Waals surface area contributed by atoms with Crippen LogP contribution in [0.3, 0.4) is 0 Å². The Balaban J connectivity index is 2.29. The molecule has 0 saturated carbocycles. The number of rotatable bonds is 5. The number of hydrogen-bond acceptors (Lipinski definition) is 2. The van der Waals surface area contributed by atoms with Crippen LogP contribution >= 0.6 is 0 Å². The van der Waals surface area contributed by atoms with E-state index in [9.17, 15) is 4.79 Å². The number of nitrogens with zero attached hydrogens (tertiary/aromatic N) is 1. The van der Waals surface area contributed by atoms with Gasteiger partial charge in [0.05, 0.1) is 0 Å². The first kappa shape index (κ1) is 12.6. The molecule has 4 heteroatoms. The average molecular weight is 246 g/mol. The van der Waals surface area contributed by atoms with Crippen LogP contribution in [0.15, 0.2) is 30.5 Å². The molecule has 0 radical (unpaired) electrons. The maximum Gasteiger partial charge on any atom is 0.254 e. The van der Waals surface area contributed by atoms with Gasteiger partial charge in [0.15, 0.2) is 0 Å². The predicted molar refractivity (Wildman–Crippen MR) is 71.6 cm³/mol. The molecule has 0 fully saturated rings. The maximum atomic E-state index is 12.4. The summed E-state index contributed by atoms with van der Waals surface area (Å²) in [6.07, 6.45) is 2.45. The number of aromatic amines is 1.